The summed E-state index contributed by atoms with van der Waals surface area (Å²) in [6, 6.07) is 15.2. The molecule has 9 nitrogen and oxygen atoms in total. The second kappa shape index (κ2) is 8.84. The fourth-order valence-electron chi connectivity index (χ4n) is 3.04. The van der Waals surface area contributed by atoms with Crippen LogP contribution in [0, 0.1) is 4.77 Å². The summed E-state index contributed by atoms with van der Waals surface area (Å²) in [6.07, 6.45) is 1.60. The molecule has 4 rings (SSSR count). The Labute approximate surface area is 183 Å². The van der Waals surface area contributed by atoms with Crippen molar-refractivity contribution in [2.45, 2.75) is 0 Å². The Hall–Kier alpha value is -3.92. The number of benzene rings is 2. The predicted octanol–water partition coefficient (Wildman–Crippen LogP) is 3.91. The van der Waals surface area contributed by atoms with Gasteiger partial charge in [0.05, 0.1) is 38.8 Å². The van der Waals surface area contributed by atoms with E-state index in [0.717, 1.165) is 11.3 Å². The van der Waals surface area contributed by atoms with Crippen molar-refractivity contribution in [3.8, 4) is 40.0 Å². The van der Waals surface area contributed by atoms with Gasteiger partial charge in [0.15, 0.2) is 0 Å². The minimum absolute atomic E-state index is 0.327. The van der Waals surface area contributed by atoms with Crippen LogP contribution in [0.2, 0.25) is 0 Å². The van der Waals surface area contributed by atoms with E-state index in [9.17, 15) is 0 Å². The maximum absolute atomic E-state index is 5.47. The highest BCUT2D eigenvalue weighted by Crippen LogP contribution is 2.33. The van der Waals surface area contributed by atoms with Crippen LogP contribution in [0.15, 0.2) is 53.6 Å². The van der Waals surface area contributed by atoms with Crippen molar-refractivity contribution in [1.29, 1.82) is 0 Å². The van der Waals surface area contributed by atoms with Gasteiger partial charge in [0, 0.05) is 17.7 Å². The SMILES string of the molecule is COc1cc(OC)c(/C=N/n2c(-c3cc(-c4ccccc4)n[nH]3)n[nH]c2=S)c(OC)c1. The van der Waals surface area contributed by atoms with Crippen molar-refractivity contribution in [3.05, 3.63) is 58.9 Å². The molecule has 0 bridgehead atoms. The van der Waals surface area contributed by atoms with Gasteiger partial charge in [-0.1, -0.05) is 30.3 Å². The lowest BCUT2D eigenvalue weighted by atomic mass is 10.1. The predicted molar refractivity (Wildman–Crippen MR) is 120 cm³/mol. The molecule has 0 saturated carbocycles. The summed E-state index contributed by atoms with van der Waals surface area (Å²) in [5.41, 5.74) is 3.08. The largest absolute Gasteiger partial charge is 0.496 e. The van der Waals surface area contributed by atoms with E-state index in [0.29, 0.717) is 39.1 Å². The molecule has 0 spiro atoms. The summed E-state index contributed by atoms with van der Waals surface area (Å²) in [4.78, 5) is 0. The average Bonchev–Trinajstić information content (AvgIpc) is 3.44. The summed E-state index contributed by atoms with van der Waals surface area (Å²) in [7, 11) is 4.71. The van der Waals surface area contributed by atoms with Crippen molar-refractivity contribution in [3.63, 3.8) is 0 Å². The molecule has 0 aliphatic rings. The molecule has 0 amide bonds. The summed E-state index contributed by atoms with van der Waals surface area (Å²) in [5, 5.41) is 18.9. The number of nitrogens with zero attached hydrogens (tertiary/aromatic N) is 4. The first-order chi connectivity index (χ1) is 15.1. The third kappa shape index (κ3) is 4.05. The van der Waals surface area contributed by atoms with Gasteiger partial charge in [-0.3, -0.25) is 5.10 Å². The van der Waals surface area contributed by atoms with Crippen molar-refractivity contribution >= 4 is 18.4 Å². The van der Waals surface area contributed by atoms with Crippen LogP contribution in [-0.4, -0.2) is 52.6 Å². The highest BCUT2D eigenvalue weighted by Gasteiger charge is 2.15. The van der Waals surface area contributed by atoms with Gasteiger partial charge in [-0.15, -0.1) is 0 Å². The van der Waals surface area contributed by atoms with Gasteiger partial charge in [0.25, 0.3) is 0 Å². The van der Waals surface area contributed by atoms with Crippen LogP contribution >= 0.6 is 12.2 Å². The van der Waals surface area contributed by atoms with E-state index in [1.54, 1.807) is 39.7 Å². The molecule has 4 aromatic rings. The Morgan fingerprint density at radius 2 is 1.65 bits per heavy atom. The van der Waals surface area contributed by atoms with E-state index in [2.05, 4.69) is 25.5 Å². The van der Waals surface area contributed by atoms with Gasteiger partial charge in [0.1, 0.15) is 22.9 Å². The normalized spacial score (nSPS) is 11.1. The maximum Gasteiger partial charge on any atom is 0.216 e. The van der Waals surface area contributed by atoms with E-state index in [4.69, 9.17) is 26.4 Å². The Morgan fingerprint density at radius 1 is 0.935 bits per heavy atom. The van der Waals surface area contributed by atoms with E-state index < -0.39 is 0 Å². The molecule has 0 aliphatic heterocycles. The molecular weight excluding hydrogens is 416 g/mol. The zero-order valence-electron chi connectivity index (χ0n) is 17.1. The topological polar surface area (TPSA) is 102 Å². The zero-order chi connectivity index (χ0) is 21.8. The van der Waals surface area contributed by atoms with Crippen molar-refractivity contribution in [2.75, 3.05) is 21.3 Å². The standard InChI is InChI=1S/C21H20N6O3S/c1-28-14-9-18(29-2)15(19(10-14)30-3)12-22-27-20(25-26-21(27)31)17-11-16(23-24-17)13-7-5-4-6-8-13/h4-12H,1-3H3,(H,23,24)(H,26,31)/b22-12+. The quantitative estimate of drug-likeness (QED) is 0.336. The molecule has 2 heterocycles. The van der Waals surface area contributed by atoms with Crippen molar-refractivity contribution < 1.29 is 14.2 Å². The van der Waals surface area contributed by atoms with Crippen LogP contribution < -0.4 is 14.2 Å². The number of methoxy groups -OCH3 is 3. The second-order valence-electron chi connectivity index (χ2n) is 6.39. The smallest absolute Gasteiger partial charge is 0.216 e. The van der Waals surface area contributed by atoms with Crippen LogP contribution in [0.1, 0.15) is 5.56 Å². The highest BCUT2D eigenvalue weighted by atomic mass is 32.1. The third-order valence-corrected chi connectivity index (χ3v) is 4.86. The van der Waals surface area contributed by atoms with E-state index in [1.807, 2.05) is 36.4 Å². The molecule has 0 fully saturated rings. The first-order valence-electron chi connectivity index (χ1n) is 9.27. The van der Waals surface area contributed by atoms with Crippen LogP contribution in [0.25, 0.3) is 22.8 Å². The van der Waals surface area contributed by atoms with E-state index in [1.165, 1.54) is 4.68 Å². The molecule has 0 radical (unpaired) electrons. The van der Waals surface area contributed by atoms with Gasteiger partial charge in [-0.05, 0) is 18.3 Å². The molecule has 0 saturated heterocycles. The lowest BCUT2D eigenvalue weighted by Gasteiger charge is -2.12. The Bertz CT molecular complexity index is 1250. The van der Waals surface area contributed by atoms with Crippen LogP contribution in [0.3, 0.4) is 0 Å². The van der Waals surface area contributed by atoms with Crippen molar-refractivity contribution in [1.82, 2.24) is 25.1 Å². The minimum Gasteiger partial charge on any atom is -0.496 e. The molecule has 2 N–H and O–H groups in total. The minimum atomic E-state index is 0.327. The zero-order valence-corrected chi connectivity index (χ0v) is 17.9. The monoisotopic (exact) mass is 436 g/mol. The summed E-state index contributed by atoms with van der Waals surface area (Å²) in [6.45, 7) is 0. The lowest BCUT2D eigenvalue weighted by Crippen LogP contribution is -2.00. The molecular formula is C21H20N6O3S. The number of aromatic amines is 2. The van der Waals surface area contributed by atoms with Gasteiger partial charge in [-0.25, -0.2) is 5.10 Å². The average molecular weight is 436 g/mol. The molecule has 10 heteroatoms. The molecule has 31 heavy (non-hydrogen) atoms. The van der Waals surface area contributed by atoms with Crippen LogP contribution in [0.5, 0.6) is 17.2 Å². The van der Waals surface area contributed by atoms with Gasteiger partial charge in [0.2, 0.25) is 10.6 Å². The van der Waals surface area contributed by atoms with Crippen LogP contribution in [0.4, 0.5) is 0 Å². The second-order valence-corrected chi connectivity index (χ2v) is 6.77. The molecule has 0 atom stereocenters. The Balaban J connectivity index is 1.73. The Kier molecular flexibility index (Phi) is 5.80. The lowest BCUT2D eigenvalue weighted by molar-refractivity contribution is 0.374. The highest BCUT2D eigenvalue weighted by molar-refractivity contribution is 7.71. The van der Waals surface area contributed by atoms with Gasteiger partial charge < -0.3 is 14.2 Å². The molecule has 2 aromatic heterocycles. The number of ether oxygens (including phenoxy) is 3. The Morgan fingerprint density at radius 3 is 2.29 bits per heavy atom. The summed E-state index contributed by atoms with van der Waals surface area (Å²) < 4.78 is 18.1. The van der Waals surface area contributed by atoms with E-state index in [-0.39, 0.29) is 0 Å². The number of rotatable bonds is 7. The fraction of sp³-hybridized carbons (Fsp3) is 0.143. The summed E-state index contributed by atoms with van der Waals surface area (Å²) in [5.74, 6) is 2.19. The van der Waals surface area contributed by atoms with E-state index >= 15 is 0 Å². The molecule has 2 aromatic carbocycles. The first kappa shape index (κ1) is 20.4. The molecule has 0 unspecified atom stereocenters. The van der Waals surface area contributed by atoms with Gasteiger partial charge in [-0.2, -0.15) is 20.0 Å². The number of hydrogen-bond acceptors (Lipinski definition) is 7. The first-order valence-corrected chi connectivity index (χ1v) is 9.68. The fourth-order valence-corrected chi connectivity index (χ4v) is 3.22. The number of nitrogens with one attached hydrogen (secondary N) is 2. The molecule has 158 valence electrons. The van der Waals surface area contributed by atoms with Gasteiger partial charge >= 0.3 is 0 Å². The number of aromatic nitrogens is 5. The maximum atomic E-state index is 5.47. The molecule has 0 aliphatic carbocycles. The number of H-pyrrole nitrogens is 2. The summed E-state index contributed by atoms with van der Waals surface area (Å²) >= 11 is 5.36. The third-order valence-electron chi connectivity index (χ3n) is 4.59. The van der Waals surface area contributed by atoms with Crippen LogP contribution in [-0.2, 0) is 0 Å². The van der Waals surface area contributed by atoms with Crippen molar-refractivity contribution in [2.24, 2.45) is 5.10 Å². The number of hydrogen-bond donors (Lipinski definition) is 2.